The molecule has 0 spiro atoms. The Kier molecular flexibility index (Phi) is 5.33. The van der Waals surface area contributed by atoms with Crippen molar-refractivity contribution in [2.24, 2.45) is 0 Å². The van der Waals surface area contributed by atoms with Gasteiger partial charge in [-0.2, -0.15) is 0 Å². The summed E-state index contributed by atoms with van der Waals surface area (Å²) in [6.45, 7) is 6.02. The van der Waals surface area contributed by atoms with E-state index in [0.29, 0.717) is 10.7 Å². The molecule has 1 heterocycles. The number of nitrogens with one attached hydrogen (secondary N) is 2. The molecular weight excluding hydrogens is 352 g/mol. The summed E-state index contributed by atoms with van der Waals surface area (Å²) in [6, 6.07) is 5.45. The lowest BCUT2D eigenvalue weighted by Gasteiger charge is -2.12. The molecule has 1 aromatic heterocycles. The van der Waals surface area contributed by atoms with Gasteiger partial charge in [-0.25, -0.2) is 8.42 Å². The van der Waals surface area contributed by atoms with Gasteiger partial charge in [0.2, 0.25) is 5.13 Å². The average Bonchev–Trinajstić information content (AvgIpc) is 2.96. The van der Waals surface area contributed by atoms with Gasteiger partial charge in [0, 0.05) is 11.0 Å². The number of benzene rings is 1. The number of rotatable bonds is 5. The van der Waals surface area contributed by atoms with E-state index in [1.54, 1.807) is 0 Å². The Balaban J connectivity index is 2.12. The second kappa shape index (κ2) is 6.93. The fourth-order valence-electron chi connectivity index (χ4n) is 1.69. The molecule has 0 aliphatic carbocycles. The molecule has 0 atom stereocenters. The lowest BCUT2D eigenvalue weighted by molar-refractivity contribution is 0.102. The minimum atomic E-state index is -3.75. The highest BCUT2D eigenvalue weighted by Crippen LogP contribution is 2.27. The van der Waals surface area contributed by atoms with Crippen molar-refractivity contribution in [3.8, 4) is 0 Å². The smallest absolute Gasteiger partial charge is 0.262 e. The standard InChI is InChI=1S/C14H18N4O4S2/c1-14(2,3)12-16-17-13(23-12)15-11(19)9-5-7-10(8-6-9)24(20,21)18-22-4/h5-8,18H,1-4H3,(H,15,17,19). The van der Waals surface area contributed by atoms with E-state index in [1.807, 2.05) is 25.7 Å². The quantitative estimate of drug-likeness (QED) is 0.778. The van der Waals surface area contributed by atoms with Crippen molar-refractivity contribution in [2.45, 2.75) is 31.1 Å². The highest BCUT2D eigenvalue weighted by atomic mass is 32.2. The van der Waals surface area contributed by atoms with Crippen LogP contribution in [0.5, 0.6) is 0 Å². The van der Waals surface area contributed by atoms with Crippen LogP contribution in [0.3, 0.4) is 0 Å². The Morgan fingerprint density at radius 2 is 1.79 bits per heavy atom. The van der Waals surface area contributed by atoms with E-state index >= 15 is 0 Å². The van der Waals surface area contributed by atoms with Gasteiger partial charge >= 0.3 is 0 Å². The summed E-state index contributed by atoms with van der Waals surface area (Å²) in [7, 11) is -2.55. The first kappa shape index (κ1) is 18.5. The molecule has 1 amide bonds. The Bertz CT molecular complexity index is 823. The lowest BCUT2D eigenvalue weighted by Crippen LogP contribution is -2.22. The third-order valence-electron chi connectivity index (χ3n) is 2.91. The monoisotopic (exact) mass is 370 g/mol. The molecule has 0 fully saturated rings. The molecule has 0 saturated carbocycles. The predicted molar refractivity (Wildman–Crippen MR) is 90.3 cm³/mol. The molecule has 0 aliphatic heterocycles. The first-order valence-corrected chi connectivity index (χ1v) is 9.23. The number of amides is 1. The van der Waals surface area contributed by atoms with E-state index in [0.717, 1.165) is 5.01 Å². The molecule has 0 bridgehead atoms. The molecule has 0 aliphatic rings. The van der Waals surface area contributed by atoms with Gasteiger partial charge in [0.15, 0.2) is 0 Å². The van der Waals surface area contributed by atoms with Gasteiger partial charge in [-0.3, -0.25) is 14.9 Å². The van der Waals surface area contributed by atoms with E-state index in [9.17, 15) is 13.2 Å². The largest absolute Gasteiger partial charge is 0.296 e. The minimum Gasteiger partial charge on any atom is -0.296 e. The molecule has 10 heteroatoms. The summed E-state index contributed by atoms with van der Waals surface area (Å²) < 4.78 is 23.5. The molecule has 2 rings (SSSR count). The predicted octanol–water partition coefficient (Wildman–Crippen LogP) is 1.93. The molecule has 2 N–H and O–H groups in total. The Labute approximate surface area is 144 Å². The van der Waals surface area contributed by atoms with Gasteiger partial charge in [0.05, 0.1) is 12.0 Å². The fourth-order valence-corrected chi connectivity index (χ4v) is 3.30. The first-order valence-electron chi connectivity index (χ1n) is 6.93. The van der Waals surface area contributed by atoms with E-state index < -0.39 is 15.9 Å². The van der Waals surface area contributed by atoms with Gasteiger partial charge < -0.3 is 0 Å². The Morgan fingerprint density at radius 1 is 1.17 bits per heavy atom. The van der Waals surface area contributed by atoms with Crippen molar-refractivity contribution in [3.05, 3.63) is 34.8 Å². The third kappa shape index (κ3) is 4.35. The van der Waals surface area contributed by atoms with Crippen LogP contribution in [0.2, 0.25) is 0 Å². The number of anilines is 1. The zero-order valence-electron chi connectivity index (χ0n) is 13.7. The molecule has 0 saturated heterocycles. The van der Waals surface area contributed by atoms with Crippen molar-refractivity contribution < 1.29 is 18.0 Å². The van der Waals surface area contributed by atoms with Crippen molar-refractivity contribution in [1.82, 2.24) is 15.1 Å². The molecule has 8 nitrogen and oxygen atoms in total. The molecule has 2 aromatic rings. The summed E-state index contributed by atoms with van der Waals surface area (Å²) in [6.07, 6.45) is 0. The van der Waals surface area contributed by atoms with Crippen molar-refractivity contribution >= 4 is 32.4 Å². The van der Waals surface area contributed by atoms with Gasteiger partial charge in [0.25, 0.3) is 15.9 Å². The number of hydrogen-bond acceptors (Lipinski definition) is 7. The average molecular weight is 370 g/mol. The molecule has 0 unspecified atom stereocenters. The molecule has 0 radical (unpaired) electrons. The highest BCUT2D eigenvalue weighted by molar-refractivity contribution is 7.89. The van der Waals surface area contributed by atoms with Crippen LogP contribution in [0.4, 0.5) is 5.13 Å². The van der Waals surface area contributed by atoms with E-state index in [-0.39, 0.29) is 10.3 Å². The number of carbonyl (C=O) groups is 1. The maximum atomic E-state index is 12.2. The van der Waals surface area contributed by atoms with Gasteiger partial charge in [0.1, 0.15) is 5.01 Å². The topological polar surface area (TPSA) is 110 Å². The van der Waals surface area contributed by atoms with Crippen LogP contribution < -0.4 is 10.2 Å². The Morgan fingerprint density at radius 3 is 2.29 bits per heavy atom. The second-order valence-corrected chi connectivity index (χ2v) is 8.55. The van der Waals surface area contributed by atoms with Crippen LogP contribution in [0.15, 0.2) is 29.2 Å². The van der Waals surface area contributed by atoms with Crippen LogP contribution in [0.25, 0.3) is 0 Å². The van der Waals surface area contributed by atoms with Gasteiger partial charge in [-0.15, -0.1) is 10.2 Å². The number of carbonyl (C=O) groups excluding carboxylic acids is 1. The van der Waals surface area contributed by atoms with Gasteiger partial charge in [-0.05, 0) is 24.3 Å². The normalized spacial score (nSPS) is 12.2. The summed E-state index contributed by atoms with van der Waals surface area (Å²) in [5.41, 5.74) is 0.157. The zero-order valence-corrected chi connectivity index (χ0v) is 15.3. The van der Waals surface area contributed by atoms with Crippen LogP contribution in [0, 0.1) is 0 Å². The van der Waals surface area contributed by atoms with E-state index in [4.69, 9.17) is 0 Å². The van der Waals surface area contributed by atoms with Crippen LogP contribution >= 0.6 is 11.3 Å². The number of hydrogen-bond donors (Lipinski definition) is 2. The SMILES string of the molecule is CONS(=O)(=O)c1ccc(C(=O)Nc2nnc(C(C)(C)C)s2)cc1. The molecular formula is C14H18N4O4S2. The highest BCUT2D eigenvalue weighted by Gasteiger charge is 2.20. The first-order chi connectivity index (χ1) is 11.1. The maximum absolute atomic E-state index is 12.2. The number of aromatic nitrogens is 2. The Hall–Kier alpha value is -1.88. The number of sulfonamides is 1. The second-order valence-electron chi connectivity index (χ2n) is 5.93. The zero-order chi connectivity index (χ0) is 18.0. The van der Waals surface area contributed by atoms with Gasteiger partial charge in [-0.1, -0.05) is 37.0 Å². The van der Waals surface area contributed by atoms with Crippen LogP contribution in [-0.2, 0) is 20.3 Å². The molecule has 1 aromatic carbocycles. The minimum absolute atomic E-state index is 0.00756. The van der Waals surface area contributed by atoms with Crippen molar-refractivity contribution in [1.29, 1.82) is 0 Å². The summed E-state index contributed by atoms with van der Waals surface area (Å²) in [5.74, 6) is -0.393. The molecule has 24 heavy (non-hydrogen) atoms. The van der Waals surface area contributed by atoms with Crippen LogP contribution in [-0.4, -0.2) is 31.6 Å². The van der Waals surface area contributed by atoms with Crippen molar-refractivity contribution in [3.63, 3.8) is 0 Å². The number of nitrogens with zero attached hydrogens (tertiary/aromatic N) is 2. The third-order valence-corrected chi connectivity index (χ3v) is 5.45. The van der Waals surface area contributed by atoms with Crippen molar-refractivity contribution in [2.75, 3.05) is 12.4 Å². The fraction of sp³-hybridized carbons (Fsp3) is 0.357. The summed E-state index contributed by atoms with van der Waals surface area (Å²) in [4.78, 5) is 18.5. The summed E-state index contributed by atoms with van der Waals surface area (Å²) >= 11 is 1.30. The maximum Gasteiger partial charge on any atom is 0.262 e. The molecule has 130 valence electrons. The van der Waals surface area contributed by atoms with E-state index in [1.165, 1.54) is 42.7 Å². The lowest BCUT2D eigenvalue weighted by atomic mass is 9.98. The van der Waals surface area contributed by atoms with E-state index in [2.05, 4.69) is 20.4 Å². The summed E-state index contributed by atoms with van der Waals surface area (Å²) in [5, 5.41) is 11.8. The van der Waals surface area contributed by atoms with Crippen LogP contribution in [0.1, 0.15) is 36.1 Å².